The summed E-state index contributed by atoms with van der Waals surface area (Å²) in [7, 11) is 0. The first-order chi connectivity index (χ1) is 12.4. The van der Waals surface area contributed by atoms with E-state index in [1.807, 2.05) is 32.9 Å². The van der Waals surface area contributed by atoms with Crippen molar-refractivity contribution in [2.75, 3.05) is 18.5 Å². The molecule has 5 heteroatoms. The maximum absolute atomic E-state index is 12.3. The fraction of sp³-hybridized carbons (Fsp3) is 0.238. The van der Waals surface area contributed by atoms with Gasteiger partial charge in [-0.1, -0.05) is 35.9 Å². The first-order valence-corrected chi connectivity index (χ1v) is 8.41. The lowest BCUT2D eigenvalue weighted by Crippen LogP contribution is -2.26. The molecule has 2 amide bonds. The standard InChI is InChI=1S/C21H24N2O3/c1-5-10-22-21(25)17-8-6-7-9-18(17)23-19(24)13-26-20-15(3)11-14(2)12-16(20)4/h5-9,11-12H,1,10,13H2,2-4H3,(H,22,25)(H,23,24). The topological polar surface area (TPSA) is 67.4 Å². The molecule has 2 aromatic carbocycles. The predicted octanol–water partition coefficient (Wildman–Crippen LogP) is 3.55. The summed E-state index contributed by atoms with van der Waals surface area (Å²) in [5.41, 5.74) is 3.96. The number of ether oxygens (including phenoxy) is 1. The molecule has 0 heterocycles. The number of carbonyl (C=O) groups excluding carboxylic acids is 2. The fourth-order valence-corrected chi connectivity index (χ4v) is 2.77. The molecule has 2 aromatic rings. The number of aryl methyl sites for hydroxylation is 3. The van der Waals surface area contributed by atoms with Crippen LogP contribution in [0.15, 0.2) is 49.1 Å². The number of rotatable bonds is 7. The van der Waals surface area contributed by atoms with Crippen LogP contribution >= 0.6 is 0 Å². The Labute approximate surface area is 154 Å². The first kappa shape index (κ1) is 19.2. The van der Waals surface area contributed by atoms with Crippen molar-refractivity contribution >= 4 is 17.5 Å². The van der Waals surface area contributed by atoms with Crippen LogP contribution in [-0.2, 0) is 4.79 Å². The molecule has 0 aliphatic rings. The zero-order valence-corrected chi connectivity index (χ0v) is 15.4. The van der Waals surface area contributed by atoms with Crippen molar-refractivity contribution in [1.82, 2.24) is 5.32 Å². The van der Waals surface area contributed by atoms with E-state index in [0.29, 0.717) is 23.5 Å². The van der Waals surface area contributed by atoms with Gasteiger partial charge in [0.15, 0.2) is 6.61 Å². The lowest BCUT2D eigenvalue weighted by atomic mass is 10.1. The van der Waals surface area contributed by atoms with Crippen LogP contribution in [0.5, 0.6) is 5.75 Å². The van der Waals surface area contributed by atoms with E-state index in [-0.39, 0.29) is 18.4 Å². The van der Waals surface area contributed by atoms with Crippen LogP contribution in [0.3, 0.4) is 0 Å². The summed E-state index contributed by atoms with van der Waals surface area (Å²) in [6, 6.07) is 10.9. The van der Waals surface area contributed by atoms with Gasteiger partial charge >= 0.3 is 0 Å². The normalized spacial score (nSPS) is 10.1. The van der Waals surface area contributed by atoms with E-state index in [0.717, 1.165) is 16.7 Å². The van der Waals surface area contributed by atoms with Gasteiger partial charge in [0.2, 0.25) is 0 Å². The number of carbonyl (C=O) groups is 2. The molecule has 2 N–H and O–H groups in total. The van der Waals surface area contributed by atoms with Gasteiger partial charge < -0.3 is 15.4 Å². The van der Waals surface area contributed by atoms with E-state index in [2.05, 4.69) is 17.2 Å². The Hall–Kier alpha value is -3.08. The molecule has 26 heavy (non-hydrogen) atoms. The number of nitrogens with one attached hydrogen (secondary N) is 2. The third kappa shape index (κ3) is 4.96. The maximum Gasteiger partial charge on any atom is 0.262 e. The molecule has 0 atom stereocenters. The van der Waals surface area contributed by atoms with E-state index >= 15 is 0 Å². The summed E-state index contributed by atoms with van der Waals surface area (Å²) in [6.07, 6.45) is 1.60. The van der Waals surface area contributed by atoms with Crippen molar-refractivity contribution in [3.8, 4) is 5.75 Å². The first-order valence-electron chi connectivity index (χ1n) is 8.41. The largest absolute Gasteiger partial charge is 0.483 e. The quantitative estimate of drug-likeness (QED) is 0.749. The van der Waals surface area contributed by atoms with Gasteiger partial charge in [-0.15, -0.1) is 6.58 Å². The van der Waals surface area contributed by atoms with Crippen LogP contribution in [0, 0.1) is 20.8 Å². The number of para-hydroxylation sites is 1. The monoisotopic (exact) mass is 352 g/mol. The Balaban J connectivity index is 2.05. The molecule has 136 valence electrons. The van der Waals surface area contributed by atoms with E-state index in [4.69, 9.17) is 4.74 Å². The second-order valence-corrected chi connectivity index (χ2v) is 6.11. The van der Waals surface area contributed by atoms with Gasteiger partial charge in [-0.25, -0.2) is 0 Å². The number of anilines is 1. The average Bonchev–Trinajstić information content (AvgIpc) is 2.59. The van der Waals surface area contributed by atoms with Gasteiger partial charge in [0.1, 0.15) is 5.75 Å². The molecule has 0 unspecified atom stereocenters. The van der Waals surface area contributed by atoms with Crippen molar-refractivity contribution in [2.24, 2.45) is 0 Å². The van der Waals surface area contributed by atoms with Gasteiger partial charge in [0, 0.05) is 6.54 Å². The van der Waals surface area contributed by atoms with Crippen molar-refractivity contribution < 1.29 is 14.3 Å². The molecule has 0 saturated heterocycles. The Morgan fingerprint density at radius 3 is 2.42 bits per heavy atom. The van der Waals surface area contributed by atoms with Crippen LogP contribution in [0.4, 0.5) is 5.69 Å². The van der Waals surface area contributed by atoms with Gasteiger partial charge in [-0.3, -0.25) is 9.59 Å². The molecule has 5 nitrogen and oxygen atoms in total. The van der Waals surface area contributed by atoms with Crippen LogP contribution in [-0.4, -0.2) is 25.0 Å². The van der Waals surface area contributed by atoms with E-state index in [1.165, 1.54) is 0 Å². The number of benzene rings is 2. The summed E-state index contributed by atoms with van der Waals surface area (Å²) < 4.78 is 5.70. The highest BCUT2D eigenvalue weighted by atomic mass is 16.5. The summed E-state index contributed by atoms with van der Waals surface area (Å²) in [5.74, 6) is 0.114. The SMILES string of the molecule is C=CCNC(=O)c1ccccc1NC(=O)COc1c(C)cc(C)cc1C. The Morgan fingerprint density at radius 1 is 1.12 bits per heavy atom. The maximum atomic E-state index is 12.3. The van der Waals surface area contributed by atoms with Gasteiger partial charge in [0.25, 0.3) is 11.8 Å². The van der Waals surface area contributed by atoms with Crippen molar-refractivity contribution in [1.29, 1.82) is 0 Å². The highest BCUT2D eigenvalue weighted by Crippen LogP contribution is 2.24. The molecular formula is C21H24N2O3. The van der Waals surface area contributed by atoms with E-state index in [1.54, 1.807) is 30.3 Å². The summed E-state index contributed by atoms with van der Waals surface area (Å²) >= 11 is 0. The van der Waals surface area contributed by atoms with Crippen molar-refractivity contribution in [2.45, 2.75) is 20.8 Å². The molecule has 0 fully saturated rings. The van der Waals surface area contributed by atoms with Crippen molar-refractivity contribution in [3.63, 3.8) is 0 Å². The summed E-state index contributed by atoms with van der Waals surface area (Å²) in [4.78, 5) is 24.4. The Kier molecular flexibility index (Phi) is 6.55. The number of hydrogen-bond donors (Lipinski definition) is 2. The fourth-order valence-electron chi connectivity index (χ4n) is 2.77. The zero-order valence-electron chi connectivity index (χ0n) is 15.4. The molecule has 0 aliphatic heterocycles. The predicted molar refractivity (Wildman–Crippen MR) is 104 cm³/mol. The molecule has 0 saturated carbocycles. The molecule has 0 radical (unpaired) electrons. The Bertz CT molecular complexity index is 805. The minimum atomic E-state index is -0.326. The molecule has 2 rings (SSSR count). The second kappa shape index (κ2) is 8.85. The van der Waals surface area contributed by atoms with Crippen LogP contribution in [0.1, 0.15) is 27.0 Å². The van der Waals surface area contributed by atoms with Crippen LogP contribution in [0.25, 0.3) is 0 Å². The summed E-state index contributed by atoms with van der Waals surface area (Å²) in [6.45, 7) is 9.71. The van der Waals surface area contributed by atoms with Crippen LogP contribution < -0.4 is 15.4 Å². The molecular weight excluding hydrogens is 328 g/mol. The lowest BCUT2D eigenvalue weighted by molar-refractivity contribution is -0.118. The average molecular weight is 352 g/mol. The number of amides is 2. The molecule has 0 spiro atoms. The highest BCUT2D eigenvalue weighted by Gasteiger charge is 2.13. The third-order valence-electron chi connectivity index (χ3n) is 3.81. The second-order valence-electron chi connectivity index (χ2n) is 6.11. The van der Waals surface area contributed by atoms with Crippen LogP contribution in [0.2, 0.25) is 0 Å². The minimum absolute atomic E-state index is 0.132. The van der Waals surface area contributed by atoms with Gasteiger partial charge in [0.05, 0.1) is 11.3 Å². The molecule has 0 bridgehead atoms. The number of hydrogen-bond acceptors (Lipinski definition) is 3. The highest BCUT2D eigenvalue weighted by molar-refractivity contribution is 6.04. The van der Waals surface area contributed by atoms with Gasteiger partial charge in [-0.05, 0) is 44.0 Å². The van der Waals surface area contributed by atoms with Gasteiger partial charge in [-0.2, -0.15) is 0 Å². The lowest BCUT2D eigenvalue weighted by Gasteiger charge is -2.14. The van der Waals surface area contributed by atoms with Crippen molar-refractivity contribution in [3.05, 3.63) is 71.3 Å². The zero-order chi connectivity index (χ0) is 19.1. The molecule has 0 aromatic heterocycles. The summed E-state index contributed by atoms with van der Waals surface area (Å²) in [5, 5.41) is 5.44. The third-order valence-corrected chi connectivity index (χ3v) is 3.81. The Morgan fingerprint density at radius 2 is 1.77 bits per heavy atom. The molecule has 0 aliphatic carbocycles. The minimum Gasteiger partial charge on any atom is -0.483 e. The van der Waals surface area contributed by atoms with E-state index in [9.17, 15) is 9.59 Å². The smallest absolute Gasteiger partial charge is 0.262 e. The van der Waals surface area contributed by atoms with E-state index < -0.39 is 0 Å².